The van der Waals surface area contributed by atoms with Gasteiger partial charge >= 0.3 is 0 Å². The standard InChI is InChI=1S/C11H7ClO2S/c12-11-4-3-10(14-11)9(13)2-1-8-5-6-15-7-8/h1-7H/b2-1+. The average molecular weight is 239 g/mol. The van der Waals surface area contributed by atoms with Gasteiger partial charge in [-0.25, -0.2) is 0 Å². The molecule has 0 aliphatic rings. The summed E-state index contributed by atoms with van der Waals surface area (Å²) in [6.07, 6.45) is 3.21. The predicted octanol–water partition coefficient (Wildman–Crippen LogP) is 3.89. The SMILES string of the molecule is O=C(/C=C/c1ccsc1)c1ccc(Cl)o1. The van der Waals surface area contributed by atoms with Gasteiger partial charge in [0.05, 0.1) is 0 Å². The Hall–Kier alpha value is -1.32. The lowest BCUT2D eigenvalue weighted by Crippen LogP contribution is -1.89. The van der Waals surface area contributed by atoms with Crippen molar-refractivity contribution in [2.24, 2.45) is 0 Å². The van der Waals surface area contributed by atoms with Crippen molar-refractivity contribution in [1.29, 1.82) is 0 Å². The van der Waals surface area contributed by atoms with Gasteiger partial charge in [-0.3, -0.25) is 4.79 Å². The van der Waals surface area contributed by atoms with E-state index in [2.05, 4.69) is 0 Å². The van der Waals surface area contributed by atoms with Crippen LogP contribution >= 0.6 is 22.9 Å². The van der Waals surface area contributed by atoms with E-state index in [4.69, 9.17) is 16.0 Å². The van der Waals surface area contributed by atoms with Crippen LogP contribution in [0.4, 0.5) is 0 Å². The number of allylic oxidation sites excluding steroid dienone is 1. The van der Waals surface area contributed by atoms with Crippen molar-refractivity contribution in [1.82, 2.24) is 0 Å². The van der Waals surface area contributed by atoms with Gasteiger partial charge in [-0.15, -0.1) is 0 Å². The van der Waals surface area contributed by atoms with Gasteiger partial charge in [0.2, 0.25) is 5.78 Å². The van der Waals surface area contributed by atoms with Gasteiger partial charge in [0.25, 0.3) is 0 Å². The van der Waals surface area contributed by atoms with Crippen molar-refractivity contribution < 1.29 is 9.21 Å². The molecule has 0 unspecified atom stereocenters. The molecule has 0 radical (unpaired) electrons. The van der Waals surface area contributed by atoms with Gasteiger partial charge in [0.15, 0.2) is 11.0 Å². The molecule has 0 aliphatic heterocycles. The number of furan rings is 1. The van der Waals surface area contributed by atoms with E-state index < -0.39 is 0 Å². The number of hydrogen-bond donors (Lipinski definition) is 0. The molecule has 0 fully saturated rings. The van der Waals surface area contributed by atoms with Crippen molar-refractivity contribution >= 4 is 34.8 Å². The van der Waals surface area contributed by atoms with Crippen LogP contribution in [0.15, 0.2) is 39.5 Å². The van der Waals surface area contributed by atoms with E-state index in [1.807, 2.05) is 16.8 Å². The van der Waals surface area contributed by atoms with Crippen molar-refractivity contribution in [3.05, 3.63) is 51.6 Å². The summed E-state index contributed by atoms with van der Waals surface area (Å²) in [7, 11) is 0. The zero-order valence-electron chi connectivity index (χ0n) is 7.64. The molecule has 0 aromatic carbocycles. The summed E-state index contributed by atoms with van der Waals surface area (Å²) in [5.41, 5.74) is 1.01. The van der Waals surface area contributed by atoms with E-state index in [1.165, 1.54) is 6.08 Å². The molecule has 4 heteroatoms. The number of carbonyl (C=O) groups is 1. The average Bonchev–Trinajstić information content (AvgIpc) is 2.84. The first kappa shape index (κ1) is 10.2. The maximum Gasteiger partial charge on any atom is 0.221 e. The molecule has 0 spiro atoms. The highest BCUT2D eigenvalue weighted by atomic mass is 35.5. The van der Waals surface area contributed by atoms with Crippen LogP contribution in [0.25, 0.3) is 6.08 Å². The molecule has 2 heterocycles. The topological polar surface area (TPSA) is 30.2 Å². The Labute approximate surface area is 95.8 Å². The van der Waals surface area contributed by atoms with E-state index in [0.717, 1.165) is 5.56 Å². The molecule has 0 amide bonds. The van der Waals surface area contributed by atoms with Crippen LogP contribution in [0.1, 0.15) is 16.1 Å². The monoisotopic (exact) mass is 238 g/mol. The highest BCUT2D eigenvalue weighted by Crippen LogP contribution is 2.15. The van der Waals surface area contributed by atoms with Crippen LogP contribution < -0.4 is 0 Å². The maximum absolute atomic E-state index is 11.5. The zero-order chi connectivity index (χ0) is 10.7. The maximum atomic E-state index is 11.5. The Kier molecular flexibility index (Phi) is 3.04. The van der Waals surface area contributed by atoms with Crippen LogP contribution in [-0.4, -0.2) is 5.78 Å². The number of ketones is 1. The smallest absolute Gasteiger partial charge is 0.221 e. The fraction of sp³-hybridized carbons (Fsp3) is 0. The molecular weight excluding hydrogens is 232 g/mol. The van der Waals surface area contributed by atoms with Crippen LogP contribution in [0.3, 0.4) is 0 Å². The summed E-state index contributed by atoms with van der Waals surface area (Å²) in [5, 5.41) is 4.13. The number of rotatable bonds is 3. The second-order valence-corrected chi connectivity index (χ2v) is 4.01. The fourth-order valence-electron chi connectivity index (χ4n) is 1.07. The molecular formula is C11H7ClO2S. The zero-order valence-corrected chi connectivity index (χ0v) is 9.22. The molecule has 15 heavy (non-hydrogen) atoms. The van der Waals surface area contributed by atoms with Crippen LogP contribution in [0.5, 0.6) is 0 Å². The van der Waals surface area contributed by atoms with Crippen molar-refractivity contribution in [3.8, 4) is 0 Å². The molecule has 0 saturated heterocycles. The number of hydrogen-bond acceptors (Lipinski definition) is 3. The normalized spacial score (nSPS) is 11.0. The third-order valence-corrected chi connectivity index (χ3v) is 2.69. The second kappa shape index (κ2) is 4.47. The van der Waals surface area contributed by atoms with Crippen molar-refractivity contribution in [2.75, 3.05) is 0 Å². The molecule has 0 saturated carbocycles. The fourth-order valence-corrected chi connectivity index (χ4v) is 1.85. The van der Waals surface area contributed by atoms with Crippen molar-refractivity contribution in [3.63, 3.8) is 0 Å². The predicted molar refractivity (Wildman–Crippen MR) is 61.4 cm³/mol. The number of carbonyl (C=O) groups excluding carboxylic acids is 1. The molecule has 0 N–H and O–H groups in total. The minimum absolute atomic E-state index is 0.187. The third-order valence-electron chi connectivity index (χ3n) is 1.79. The quantitative estimate of drug-likeness (QED) is 0.600. The molecule has 76 valence electrons. The molecule has 2 aromatic heterocycles. The Morgan fingerprint density at radius 1 is 1.40 bits per heavy atom. The van der Waals surface area contributed by atoms with Gasteiger partial charge in [0.1, 0.15) is 0 Å². The highest BCUT2D eigenvalue weighted by Gasteiger charge is 2.06. The van der Waals surface area contributed by atoms with E-state index in [0.29, 0.717) is 0 Å². The molecule has 2 aromatic rings. The first-order valence-corrected chi connectivity index (χ1v) is 5.58. The van der Waals surface area contributed by atoms with Crippen LogP contribution in [0.2, 0.25) is 5.22 Å². The van der Waals surface area contributed by atoms with Gasteiger partial charge in [-0.1, -0.05) is 6.08 Å². The summed E-state index contributed by atoms with van der Waals surface area (Å²) in [6, 6.07) is 5.04. The summed E-state index contributed by atoms with van der Waals surface area (Å²) in [5.74, 6) is 0.0691. The lowest BCUT2D eigenvalue weighted by atomic mass is 10.2. The van der Waals surface area contributed by atoms with Crippen molar-refractivity contribution in [2.45, 2.75) is 0 Å². The van der Waals surface area contributed by atoms with Crippen LogP contribution in [0, 0.1) is 0 Å². The van der Waals surface area contributed by atoms with E-state index in [1.54, 1.807) is 29.5 Å². The van der Waals surface area contributed by atoms with E-state index in [-0.39, 0.29) is 16.8 Å². The highest BCUT2D eigenvalue weighted by molar-refractivity contribution is 7.08. The first-order chi connectivity index (χ1) is 7.25. The summed E-state index contributed by atoms with van der Waals surface area (Å²) in [4.78, 5) is 11.5. The van der Waals surface area contributed by atoms with Gasteiger partial charge in [-0.05, 0) is 52.2 Å². The third kappa shape index (κ3) is 2.58. The van der Waals surface area contributed by atoms with Gasteiger partial charge in [0, 0.05) is 0 Å². The largest absolute Gasteiger partial charge is 0.441 e. The number of thiophene rings is 1. The van der Waals surface area contributed by atoms with Gasteiger partial charge in [-0.2, -0.15) is 11.3 Å². The molecule has 0 bridgehead atoms. The lowest BCUT2D eigenvalue weighted by molar-refractivity contribution is 0.102. The Balaban J connectivity index is 2.10. The summed E-state index contributed by atoms with van der Waals surface area (Å²) >= 11 is 7.15. The first-order valence-electron chi connectivity index (χ1n) is 4.25. The molecule has 2 nitrogen and oxygen atoms in total. The second-order valence-electron chi connectivity index (χ2n) is 2.86. The minimum atomic E-state index is -0.187. The number of halogens is 1. The Morgan fingerprint density at radius 3 is 2.87 bits per heavy atom. The lowest BCUT2D eigenvalue weighted by Gasteiger charge is -1.87. The van der Waals surface area contributed by atoms with E-state index >= 15 is 0 Å². The van der Waals surface area contributed by atoms with Gasteiger partial charge < -0.3 is 4.42 Å². The Bertz CT molecular complexity index is 482. The minimum Gasteiger partial charge on any atom is -0.441 e. The molecule has 0 aliphatic carbocycles. The Morgan fingerprint density at radius 2 is 2.27 bits per heavy atom. The van der Waals surface area contributed by atoms with Crippen LogP contribution in [-0.2, 0) is 0 Å². The molecule has 0 atom stereocenters. The molecule has 2 rings (SSSR count). The van der Waals surface area contributed by atoms with E-state index in [9.17, 15) is 4.79 Å². The summed E-state index contributed by atoms with van der Waals surface area (Å²) < 4.78 is 4.98. The summed E-state index contributed by atoms with van der Waals surface area (Å²) in [6.45, 7) is 0.